The number of hydrogen-bond acceptors (Lipinski definition) is 3. The molecule has 0 radical (unpaired) electrons. The predicted octanol–water partition coefficient (Wildman–Crippen LogP) is 4.03. The summed E-state index contributed by atoms with van der Waals surface area (Å²) in [6, 6.07) is 12.2. The first-order chi connectivity index (χ1) is 10.8. The molecule has 0 atom stereocenters. The molecule has 7 heteroatoms. The lowest BCUT2D eigenvalue weighted by atomic mass is 9.94. The molecule has 0 spiro atoms. The molecule has 23 heavy (non-hydrogen) atoms. The van der Waals surface area contributed by atoms with E-state index in [1.165, 1.54) is 17.7 Å². The number of rotatable bonds is 2. The van der Waals surface area contributed by atoms with E-state index in [-0.39, 0.29) is 4.90 Å². The van der Waals surface area contributed by atoms with Crippen LogP contribution in [-0.2, 0) is 10.1 Å². The van der Waals surface area contributed by atoms with Crippen LogP contribution in [0.25, 0.3) is 0 Å². The van der Waals surface area contributed by atoms with Gasteiger partial charge in [-0.15, -0.1) is 0 Å². The Labute approximate surface area is 149 Å². The van der Waals surface area contributed by atoms with Gasteiger partial charge in [0.15, 0.2) is 0 Å². The highest BCUT2D eigenvalue weighted by atomic mass is 79.9. The highest BCUT2D eigenvalue weighted by Gasteiger charge is 2.18. The van der Waals surface area contributed by atoms with E-state index in [1.54, 1.807) is 12.1 Å². The Bertz CT molecular complexity index is 774. The molecule has 124 valence electrons. The van der Waals surface area contributed by atoms with Crippen molar-refractivity contribution in [2.24, 2.45) is 0 Å². The van der Waals surface area contributed by atoms with Crippen LogP contribution >= 0.6 is 27.5 Å². The molecular formula is C16H17BrClNO3S. The van der Waals surface area contributed by atoms with Crippen molar-refractivity contribution >= 4 is 37.6 Å². The van der Waals surface area contributed by atoms with Gasteiger partial charge in [0.1, 0.15) is 0 Å². The minimum absolute atomic E-state index is 0.0666. The van der Waals surface area contributed by atoms with Gasteiger partial charge >= 0.3 is 0 Å². The first-order valence-corrected chi connectivity index (χ1v) is 9.58. The average molecular weight is 419 g/mol. The van der Waals surface area contributed by atoms with E-state index < -0.39 is 10.1 Å². The summed E-state index contributed by atoms with van der Waals surface area (Å²) in [7, 11) is -4.02. The van der Waals surface area contributed by atoms with Gasteiger partial charge in [-0.3, -0.25) is 4.55 Å². The van der Waals surface area contributed by atoms with Gasteiger partial charge in [0.05, 0.1) is 9.92 Å². The highest BCUT2D eigenvalue weighted by Crippen LogP contribution is 2.28. The molecule has 2 aromatic carbocycles. The van der Waals surface area contributed by atoms with E-state index in [0.717, 1.165) is 28.1 Å². The van der Waals surface area contributed by atoms with Crippen molar-refractivity contribution in [3.8, 4) is 0 Å². The third-order valence-corrected chi connectivity index (χ3v) is 5.62. The van der Waals surface area contributed by atoms with Crippen LogP contribution in [0.4, 0.5) is 0 Å². The van der Waals surface area contributed by atoms with E-state index in [2.05, 4.69) is 27.3 Å². The van der Waals surface area contributed by atoms with Gasteiger partial charge in [-0.2, -0.15) is 8.42 Å². The summed E-state index contributed by atoms with van der Waals surface area (Å²) in [6.07, 6.45) is 0. The molecule has 1 fully saturated rings. The summed E-state index contributed by atoms with van der Waals surface area (Å²) in [4.78, 5) is -0.0666. The molecule has 1 heterocycles. The van der Waals surface area contributed by atoms with Gasteiger partial charge < -0.3 is 5.32 Å². The number of benzene rings is 2. The second-order valence-electron chi connectivity index (χ2n) is 5.32. The fourth-order valence-electron chi connectivity index (χ4n) is 2.00. The maximum absolute atomic E-state index is 10.5. The van der Waals surface area contributed by atoms with Crippen LogP contribution in [0.1, 0.15) is 17.0 Å². The van der Waals surface area contributed by atoms with Crippen LogP contribution < -0.4 is 5.32 Å². The van der Waals surface area contributed by atoms with Crippen molar-refractivity contribution in [1.29, 1.82) is 0 Å². The van der Waals surface area contributed by atoms with Crippen molar-refractivity contribution in [1.82, 2.24) is 5.32 Å². The van der Waals surface area contributed by atoms with Gasteiger partial charge in [0.2, 0.25) is 0 Å². The largest absolute Gasteiger partial charge is 0.315 e. The Morgan fingerprint density at radius 2 is 1.78 bits per heavy atom. The number of aryl methyl sites for hydroxylation is 1. The zero-order chi connectivity index (χ0) is 17.0. The van der Waals surface area contributed by atoms with Crippen molar-refractivity contribution < 1.29 is 13.0 Å². The number of nitrogens with one attached hydrogen (secondary N) is 1. The summed E-state index contributed by atoms with van der Waals surface area (Å²) >= 11 is 9.34. The van der Waals surface area contributed by atoms with Gasteiger partial charge in [0.25, 0.3) is 10.1 Å². The second kappa shape index (κ2) is 7.77. The van der Waals surface area contributed by atoms with E-state index in [4.69, 9.17) is 16.2 Å². The highest BCUT2D eigenvalue weighted by molar-refractivity contribution is 9.10. The minimum atomic E-state index is -4.02. The first-order valence-electron chi connectivity index (χ1n) is 6.97. The van der Waals surface area contributed by atoms with E-state index >= 15 is 0 Å². The van der Waals surface area contributed by atoms with Crippen molar-refractivity contribution in [2.45, 2.75) is 17.7 Å². The molecule has 0 aliphatic carbocycles. The lowest BCUT2D eigenvalue weighted by molar-refractivity contribution is 0.448. The Morgan fingerprint density at radius 1 is 1.17 bits per heavy atom. The molecule has 3 rings (SSSR count). The number of halogens is 2. The quantitative estimate of drug-likeness (QED) is 0.723. The predicted molar refractivity (Wildman–Crippen MR) is 95.8 cm³/mol. The normalized spacial score (nSPS) is 14.6. The van der Waals surface area contributed by atoms with Gasteiger partial charge in [-0.05, 0) is 52.7 Å². The molecule has 2 aromatic rings. The Balaban J connectivity index is 0.000000168. The summed E-state index contributed by atoms with van der Waals surface area (Å²) in [6.45, 7) is 4.00. The van der Waals surface area contributed by atoms with Gasteiger partial charge in [0, 0.05) is 23.5 Å². The van der Waals surface area contributed by atoms with E-state index in [0.29, 0.717) is 5.92 Å². The monoisotopic (exact) mass is 417 g/mol. The zero-order valence-corrected chi connectivity index (χ0v) is 15.6. The maximum Gasteiger partial charge on any atom is 0.294 e. The third-order valence-electron chi connectivity index (χ3n) is 3.52. The SMILES string of the molecule is Cc1ccc(S(=O)(=O)O)cc1.Clc1cc(C2CNC2)ccc1Br. The molecule has 1 saturated heterocycles. The molecule has 1 aliphatic rings. The second-order valence-corrected chi connectivity index (χ2v) is 8.00. The Kier molecular flexibility index (Phi) is 6.22. The van der Waals surface area contributed by atoms with Crippen LogP contribution in [0.3, 0.4) is 0 Å². The third kappa shape index (κ3) is 5.29. The summed E-state index contributed by atoms with van der Waals surface area (Å²) in [5.41, 5.74) is 2.29. The fourth-order valence-corrected chi connectivity index (χ4v) is 2.92. The lowest BCUT2D eigenvalue weighted by Crippen LogP contribution is -2.39. The van der Waals surface area contributed by atoms with Crippen LogP contribution in [0.15, 0.2) is 51.8 Å². The molecule has 0 aromatic heterocycles. The zero-order valence-electron chi connectivity index (χ0n) is 12.5. The van der Waals surface area contributed by atoms with E-state index in [9.17, 15) is 8.42 Å². The van der Waals surface area contributed by atoms with Crippen molar-refractivity contribution in [3.05, 3.63) is 63.1 Å². The van der Waals surface area contributed by atoms with E-state index in [1.807, 2.05) is 19.1 Å². The summed E-state index contributed by atoms with van der Waals surface area (Å²) in [5, 5.41) is 4.04. The van der Waals surface area contributed by atoms with Gasteiger partial charge in [-0.25, -0.2) is 0 Å². The van der Waals surface area contributed by atoms with Crippen LogP contribution in [0.5, 0.6) is 0 Å². The van der Waals surface area contributed by atoms with Crippen LogP contribution in [0.2, 0.25) is 5.02 Å². The summed E-state index contributed by atoms with van der Waals surface area (Å²) in [5.74, 6) is 0.663. The molecule has 4 nitrogen and oxygen atoms in total. The van der Waals surface area contributed by atoms with Crippen LogP contribution in [-0.4, -0.2) is 26.1 Å². The molecular weight excluding hydrogens is 402 g/mol. The molecule has 0 bridgehead atoms. The number of hydrogen-bond donors (Lipinski definition) is 2. The minimum Gasteiger partial charge on any atom is -0.315 e. The van der Waals surface area contributed by atoms with Gasteiger partial charge in [-0.1, -0.05) is 35.4 Å². The fraction of sp³-hybridized carbons (Fsp3) is 0.250. The molecule has 2 N–H and O–H groups in total. The molecule has 0 saturated carbocycles. The molecule has 1 aliphatic heterocycles. The Morgan fingerprint density at radius 3 is 2.22 bits per heavy atom. The van der Waals surface area contributed by atoms with Crippen LogP contribution in [0, 0.1) is 6.92 Å². The average Bonchev–Trinajstić information content (AvgIpc) is 2.41. The van der Waals surface area contributed by atoms with Crippen molar-refractivity contribution in [3.63, 3.8) is 0 Å². The molecule has 0 unspecified atom stereocenters. The molecule has 0 amide bonds. The maximum atomic E-state index is 10.5. The summed E-state index contributed by atoms with van der Waals surface area (Å²) < 4.78 is 30.5. The Hall–Kier alpha value is -0.920. The smallest absolute Gasteiger partial charge is 0.294 e. The topological polar surface area (TPSA) is 66.4 Å². The standard InChI is InChI=1S/C9H9BrClN.C7H8O3S/c10-8-2-1-6(3-9(8)11)7-4-12-5-7;1-6-2-4-7(5-3-6)11(8,9)10/h1-3,7,12H,4-5H2;2-5H,1H3,(H,8,9,10). The lowest BCUT2D eigenvalue weighted by Gasteiger charge is -2.27. The first kappa shape index (κ1) is 18.4. The van der Waals surface area contributed by atoms with Crippen molar-refractivity contribution in [2.75, 3.05) is 13.1 Å².